The number of benzene rings is 1. The molecule has 1 aromatic rings. The zero-order chi connectivity index (χ0) is 17.9. The molecule has 0 unspecified atom stereocenters. The van der Waals surface area contributed by atoms with Gasteiger partial charge < -0.3 is 9.66 Å². The first kappa shape index (κ1) is 20.3. The first-order valence-electron chi connectivity index (χ1n) is 5.44. The van der Waals surface area contributed by atoms with Gasteiger partial charge >= 0.3 is 11.5 Å². The van der Waals surface area contributed by atoms with Gasteiger partial charge in [-0.2, -0.15) is 13.2 Å². The number of nitrogens with zero attached hydrogens (tertiary/aromatic N) is 1. The molecule has 0 atom stereocenters. The fourth-order valence-corrected chi connectivity index (χ4v) is 1.09. The summed E-state index contributed by atoms with van der Waals surface area (Å²) in [7, 11) is -0.438. The molecule has 11 heteroatoms. The number of halogens is 4. The van der Waals surface area contributed by atoms with E-state index < -0.39 is 27.4 Å². The molecule has 0 saturated carbocycles. The summed E-state index contributed by atoms with van der Waals surface area (Å²) in [6.07, 6.45) is 0. The summed E-state index contributed by atoms with van der Waals surface area (Å²) in [5, 5.41) is 8.61. The molecule has 0 heterocycles. The van der Waals surface area contributed by atoms with Crippen molar-refractivity contribution in [2.75, 3.05) is 21.1 Å². The highest BCUT2D eigenvalue weighted by atomic mass is 32.2. The first-order valence-corrected chi connectivity index (χ1v) is 6.85. The van der Waals surface area contributed by atoms with Gasteiger partial charge in [-0.1, -0.05) is 0 Å². The largest absolute Gasteiger partial charge is 0.741 e. The standard InChI is InChI=1S/C10H12FNO2.CHF3O3S/c1-12(2,3)7-4-5-8(10(13)14)9(11)6-7;2-1(3,4)8(5,6)7/h4-6H,1-3H3;(H,5,6,7). The lowest BCUT2D eigenvalue weighted by Crippen LogP contribution is -2.34. The van der Waals surface area contributed by atoms with E-state index in [-0.39, 0.29) is 5.56 Å². The van der Waals surface area contributed by atoms with Gasteiger partial charge in [0.15, 0.2) is 10.1 Å². The number of hydrogen-bond acceptors (Lipinski definition) is 4. The third-order valence-corrected chi connectivity index (χ3v) is 2.81. The molecule has 0 aromatic heterocycles. The highest BCUT2D eigenvalue weighted by molar-refractivity contribution is 7.86. The summed E-state index contributed by atoms with van der Waals surface area (Å²) < 4.78 is 72.6. The molecule has 1 aromatic carbocycles. The van der Waals surface area contributed by atoms with E-state index in [4.69, 9.17) is 18.1 Å². The van der Waals surface area contributed by atoms with Gasteiger partial charge in [-0.3, -0.25) is 4.48 Å². The molecule has 126 valence electrons. The van der Waals surface area contributed by atoms with Gasteiger partial charge in [-0.15, -0.1) is 0 Å². The molecule has 0 radical (unpaired) electrons. The lowest BCUT2D eigenvalue weighted by Gasteiger charge is -2.23. The van der Waals surface area contributed by atoms with Crippen LogP contribution < -0.4 is 4.48 Å². The molecule has 0 aliphatic rings. The second-order valence-electron chi connectivity index (χ2n) is 4.88. The van der Waals surface area contributed by atoms with E-state index in [1.165, 1.54) is 12.1 Å². The van der Waals surface area contributed by atoms with Crippen LogP contribution in [0.1, 0.15) is 10.4 Å². The zero-order valence-electron chi connectivity index (χ0n) is 11.7. The smallest absolute Gasteiger partial charge is 0.485 e. The Morgan fingerprint density at radius 3 is 1.86 bits per heavy atom. The van der Waals surface area contributed by atoms with Crippen molar-refractivity contribution in [2.24, 2.45) is 0 Å². The van der Waals surface area contributed by atoms with Crippen LogP contribution in [0.25, 0.3) is 0 Å². The number of carboxylic acids is 1. The van der Waals surface area contributed by atoms with Gasteiger partial charge in [0.1, 0.15) is 11.5 Å². The number of alkyl halides is 3. The van der Waals surface area contributed by atoms with E-state index in [0.717, 1.165) is 5.69 Å². The van der Waals surface area contributed by atoms with Crippen LogP contribution in [0.4, 0.5) is 23.2 Å². The van der Waals surface area contributed by atoms with E-state index in [1.807, 2.05) is 21.1 Å². The number of carboxylic acid groups (broad SMARTS) is 1. The van der Waals surface area contributed by atoms with E-state index in [0.29, 0.717) is 4.48 Å². The number of carbonyl (C=O) groups is 1. The molecule has 1 N–H and O–H groups in total. The van der Waals surface area contributed by atoms with Crippen LogP contribution in [0.3, 0.4) is 0 Å². The number of aromatic carboxylic acids is 1. The number of hydrogen-bond donors (Lipinski definition) is 1. The Morgan fingerprint density at radius 2 is 1.64 bits per heavy atom. The maximum atomic E-state index is 13.2. The van der Waals surface area contributed by atoms with Crippen LogP contribution >= 0.6 is 0 Å². The summed E-state index contributed by atoms with van der Waals surface area (Å²) in [5.74, 6) is -1.93. The fraction of sp³-hybridized carbons (Fsp3) is 0.364. The van der Waals surface area contributed by atoms with Crippen molar-refractivity contribution in [1.29, 1.82) is 0 Å². The lowest BCUT2D eigenvalue weighted by atomic mass is 10.2. The maximum Gasteiger partial charge on any atom is 0.485 e. The summed E-state index contributed by atoms with van der Waals surface area (Å²) in [4.78, 5) is 10.5. The van der Waals surface area contributed by atoms with E-state index in [1.54, 1.807) is 6.07 Å². The SMILES string of the molecule is C[N+](C)(C)c1ccc(C(=O)O)c(F)c1.O=S(=O)([O-])C(F)(F)F. The van der Waals surface area contributed by atoms with Crippen LogP contribution in [0, 0.1) is 5.82 Å². The minimum atomic E-state index is -6.09. The fourth-order valence-electron chi connectivity index (χ4n) is 1.09. The van der Waals surface area contributed by atoms with E-state index >= 15 is 0 Å². The molecule has 0 aliphatic carbocycles. The summed E-state index contributed by atoms with van der Waals surface area (Å²) in [6, 6.07) is 4.16. The predicted octanol–water partition coefficient (Wildman–Crippen LogP) is 1.77. The first-order chi connectivity index (χ1) is 9.57. The normalized spacial score (nSPS) is 12.4. The maximum absolute atomic E-state index is 13.2. The Kier molecular flexibility index (Phi) is 6.07. The summed E-state index contributed by atoms with van der Waals surface area (Å²) in [6.45, 7) is 0. The van der Waals surface area contributed by atoms with Crippen LogP contribution in [0.2, 0.25) is 0 Å². The second-order valence-corrected chi connectivity index (χ2v) is 6.25. The molecular formula is C11H13F4NO5S. The average molecular weight is 347 g/mol. The Balaban J connectivity index is 0.000000472. The minimum absolute atomic E-state index is 0.290. The second kappa shape index (κ2) is 6.58. The van der Waals surface area contributed by atoms with Crippen molar-refractivity contribution in [3.05, 3.63) is 29.6 Å². The van der Waals surface area contributed by atoms with Crippen LogP contribution in [-0.4, -0.2) is 50.7 Å². The Bertz CT molecular complexity index is 649. The highest BCUT2D eigenvalue weighted by Gasteiger charge is 2.36. The quantitative estimate of drug-likeness (QED) is 0.381. The van der Waals surface area contributed by atoms with Crippen molar-refractivity contribution in [1.82, 2.24) is 4.48 Å². The van der Waals surface area contributed by atoms with E-state index in [9.17, 15) is 22.4 Å². The molecule has 0 bridgehead atoms. The van der Waals surface area contributed by atoms with Crippen LogP contribution in [0.15, 0.2) is 18.2 Å². The van der Waals surface area contributed by atoms with E-state index in [2.05, 4.69) is 0 Å². The Labute approximate surface area is 123 Å². The van der Waals surface area contributed by atoms with Gasteiger partial charge in [0.25, 0.3) is 0 Å². The van der Waals surface area contributed by atoms with Gasteiger partial charge in [-0.25, -0.2) is 17.6 Å². The molecule has 22 heavy (non-hydrogen) atoms. The lowest BCUT2D eigenvalue weighted by molar-refractivity contribution is -0.0517. The molecule has 0 fully saturated rings. The van der Waals surface area contributed by atoms with Crippen LogP contribution in [-0.2, 0) is 10.1 Å². The average Bonchev–Trinajstić information content (AvgIpc) is 2.25. The van der Waals surface area contributed by atoms with Crippen molar-refractivity contribution < 1.29 is 40.4 Å². The molecule has 0 saturated heterocycles. The van der Waals surface area contributed by atoms with Crippen molar-refractivity contribution in [2.45, 2.75) is 5.51 Å². The topological polar surface area (TPSA) is 94.5 Å². The monoisotopic (exact) mass is 347 g/mol. The van der Waals surface area contributed by atoms with Crippen molar-refractivity contribution in [3.8, 4) is 0 Å². The number of quaternary nitrogens is 1. The summed E-state index contributed by atoms with van der Waals surface area (Å²) >= 11 is 0. The molecule has 0 aliphatic heterocycles. The predicted molar refractivity (Wildman–Crippen MR) is 68.7 cm³/mol. The highest BCUT2D eigenvalue weighted by Crippen LogP contribution is 2.21. The zero-order valence-corrected chi connectivity index (χ0v) is 12.5. The minimum Gasteiger partial charge on any atom is -0.741 e. The molecular weight excluding hydrogens is 334 g/mol. The molecule has 0 spiro atoms. The van der Waals surface area contributed by atoms with Crippen molar-refractivity contribution >= 4 is 21.8 Å². The summed E-state index contributed by atoms with van der Waals surface area (Å²) in [5.41, 5.74) is -5.21. The van der Waals surface area contributed by atoms with Gasteiger partial charge in [0.05, 0.1) is 26.7 Å². The number of rotatable bonds is 2. The van der Waals surface area contributed by atoms with Crippen molar-refractivity contribution in [3.63, 3.8) is 0 Å². The molecule has 1 rings (SSSR count). The molecule has 0 amide bonds. The molecule has 6 nitrogen and oxygen atoms in total. The van der Waals surface area contributed by atoms with Gasteiger partial charge in [-0.05, 0) is 6.07 Å². The Morgan fingerprint density at radius 1 is 1.23 bits per heavy atom. The van der Waals surface area contributed by atoms with Crippen LogP contribution in [0.5, 0.6) is 0 Å². The van der Waals surface area contributed by atoms with Gasteiger partial charge in [0.2, 0.25) is 0 Å². The third-order valence-electron chi connectivity index (χ3n) is 2.24. The van der Waals surface area contributed by atoms with Gasteiger partial charge in [0, 0.05) is 12.1 Å². The Hall–Kier alpha value is -1.72. The third kappa shape index (κ3) is 5.95.